The molecule has 3 N–H and O–H groups in total. The molecule has 3 fully saturated rings. The van der Waals surface area contributed by atoms with Crippen molar-refractivity contribution in [2.75, 3.05) is 0 Å². The van der Waals surface area contributed by atoms with Crippen LogP contribution in [0.3, 0.4) is 0 Å². The van der Waals surface area contributed by atoms with Gasteiger partial charge in [-0.05, 0) is 99.9 Å². The van der Waals surface area contributed by atoms with Crippen LogP contribution >= 0.6 is 0 Å². The summed E-state index contributed by atoms with van der Waals surface area (Å²) in [6, 6.07) is 0. The van der Waals surface area contributed by atoms with Crippen molar-refractivity contribution in [3.8, 4) is 0 Å². The highest BCUT2D eigenvalue weighted by atomic mass is 19.3. The monoisotopic (exact) mass is 454 g/mol. The molecule has 3 rings (SSSR count). The maximum Gasteiger partial charge on any atom is 0.275 e. The Morgan fingerprint density at radius 1 is 1.16 bits per heavy atom. The highest BCUT2D eigenvalue weighted by Gasteiger charge is 2.53. The quantitative estimate of drug-likeness (QED) is 0.412. The van der Waals surface area contributed by atoms with Crippen molar-refractivity contribution in [1.82, 2.24) is 0 Å². The normalized spacial score (nSPS) is 37.3. The fourth-order valence-electron chi connectivity index (χ4n) is 7.07. The van der Waals surface area contributed by atoms with Gasteiger partial charge < -0.3 is 15.3 Å². The lowest BCUT2D eigenvalue weighted by Crippen LogP contribution is -2.43. The van der Waals surface area contributed by atoms with Gasteiger partial charge in [0, 0.05) is 6.42 Å². The van der Waals surface area contributed by atoms with Gasteiger partial charge in [0.25, 0.3) is 5.92 Å². The fourth-order valence-corrected chi connectivity index (χ4v) is 7.07. The van der Waals surface area contributed by atoms with Crippen LogP contribution in [0.25, 0.3) is 0 Å². The predicted octanol–water partition coefficient (Wildman–Crippen LogP) is 6.03. The molecule has 3 aliphatic carbocycles. The largest absolute Gasteiger partial charge is 0.388 e. The van der Waals surface area contributed by atoms with Crippen molar-refractivity contribution < 1.29 is 24.1 Å². The minimum Gasteiger partial charge on any atom is -0.388 e. The summed E-state index contributed by atoms with van der Waals surface area (Å²) in [4.78, 5) is 0. The topological polar surface area (TPSA) is 60.7 Å². The molecule has 0 aromatic rings. The van der Waals surface area contributed by atoms with Crippen LogP contribution in [0.4, 0.5) is 8.78 Å². The molecule has 0 aromatic heterocycles. The number of hydrogen-bond acceptors (Lipinski definition) is 3. The van der Waals surface area contributed by atoms with Crippen molar-refractivity contribution >= 4 is 0 Å². The average molecular weight is 455 g/mol. The standard InChI is InChI=1S/C27H44F2O3/c1-17(12-14-27(28,29)25(3,4)32)21-10-11-22-20(7-6-13-26(21,22)5)9-8-19-15-23(30)18(2)24(31)16-19/h8,17,20-24,30-32H,2,6-7,9-16H2,1,3-5H3/t17-,20?,21?,22?,23-,24-,26-/m1/s1. The van der Waals surface area contributed by atoms with Crippen LogP contribution in [0, 0.1) is 29.1 Å². The minimum atomic E-state index is -3.07. The summed E-state index contributed by atoms with van der Waals surface area (Å²) in [5.74, 6) is -1.23. The summed E-state index contributed by atoms with van der Waals surface area (Å²) in [5.41, 5.74) is -0.146. The van der Waals surface area contributed by atoms with Gasteiger partial charge in [-0.15, -0.1) is 0 Å². The van der Waals surface area contributed by atoms with E-state index in [1.165, 1.54) is 33.1 Å². The molecule has 3 unspecified atom stereocenters. The van der Waals surface area contributed by atoms with Gasteiger partial charge in [0.15, 0.2) is 0 Å². The first-order chi connectivity index (χ1) is 14.8. The molecule has 0 amide bonds. The molecule has 5 heteroatoms. The molecule has 0 spiro atoms. The van der Waals surface area contributed by atoms with Crippen LogP contribution in [-0.4, -0.2) is 39.1 Å². The Labute approximate surface area is 193 Å². The van der Waals surface area contributed by atoms with Crippen LogP contribution in [0.5, 0.6) is 0 Å². The molecular weight excluding hydrogens is 410 g/mol. The van der Waals surface area contributed by atoms with E-state index in [1.54, 1.807) is 0 Å². The maximum absolute atomic E-state index is 14.3. The van der Waals surface area contributed by atoms with Gasteiger partial charge in [-0.1, -0.05) is 38.5 Å². The minimum absolute atomic E-state index is 0.185. The molecule has 32 heavy (non-hydrogen) atoms. The lowest BCUT2D eigenvalue weighted by Gasteiger charge is -2.47. The number of fused-ring (bicyclic) bond motifs is 1. The number of rotatable bonds is 7. The van der Waals surface area contributed by atoms with Crippen LogP contribution in [0.1, 0.15) is 91.9 Å². The fraction of sp³-hybridized carbons (Fsp3) is 0.852. The lowest BCUT2D eigenvalue weighted by molar-refractivity contribution is -0.168. The van der Waals surface area contributed by atoms with Crippen LogP contribution in [0.2, 0.25) is 0 Å². The Balaban J connectivity index is 1.63. The Morgan fingerprint density at radius 3 is 2.38 bits per heavy atom. The molecule has 0 heterocycles. The zero-order chi connectivity index (χ0) is 23.9. The van der Waals surface area contributed by atoms with E-state index >= 15 is 0 Å². The van der Waals surface area contributed by atoms with Crippen molar-refractivity contribution in [2.24, 2.45) is 29.1 Å². The van der Waals surface area contributed by atoms with E-state index < -0.39 is 23.7 Å². The zero-order valence-electron chi connectivity index (χ0n) is 20.4. The first-order valence-electron chi connectivity index (χ1n) is 12.6. The van der Waals surface area contributed by atoms with Crippen LogP contribution < -0.4 is 0 Å². The molecule has 0 radical (unpaired) electrons. The van der Waals surface area contributed by atoms with Gasteiger partial charge >= 0.3 is 0 Å². The Hall–Kier alpha value is -0.780. The van der Waals surface area contributed by atoms with E-state index in [2.05, 4.69) is 26.5 Å². The number of aliphatic hydroxyl groups is 3. The average Bonchev–Trinajstić information content (AvgIpc) is 3.05. The number of aliphatic hydroxyl groups excluding tert-OH is 2. The third kappa shape index (κ3) is 5.15. The lowest BCUT2D eigenvalue weighted by atomic mass is 9.58. The highest BCUT2D eigenvalue weighted by molar-refractivity contribution is 5.23. The summed E-state index contributed by atoms with van der Waals surface area (Å²) in [6.07, 6.45) is 9.02. The molecule has 0 bridgehead atoms. The van der Waals surface area contributed by atoms with E-state index in [0.717, 1.165) is 24.8 Å². The predicted molar refractivity (Wildman–Crippen MR) is 124 cm³/mol. The molecule has 3 saturated carbocycles. The molecule has 184 valence electrons. The van der Waals surface area contributed by atoms with E-state index in [4.69, 9.17) is 0 Å². The van der Waals surface area contributed by atoms with E-state index in [9.17, 15) is 24.1 Å². The van der Waals surface area contributed by atoms with Crippen LogP contribution in [0.15, 0.2) is 23.8 Å². The molecular formula is C27H44F2O3. The molecule has 0 saturated heterocycles. The number of halogens is 2. The SMILES string of the molecule is C=C1[C@H](O)CC(=CCC2CCC[C@@]3(C)C2CCC3[C@H](C)CCC(F)(F)C(C)(C)O)C[C@H]1O. The third-order valence-electron chi connectivity index (χ3n) is 9.31. The molecule has 3 aliphatic rings. The smallest absolute Gasteiger partial charge is 0.275 e. The van der Waals surface area contributed by atoms with Gasteiger partial charge in [0.05, 0.1) is 12.2 Å². The first-order valence-corrected chi connectivity index (χ1v) is 12.6. The number of hydrogen-bond donors (Lipinski definition) is 3. The van der Waals surface area contributed by atoms with Crippen molar-refractivity contribution in [2.45, 2.75) is 116 Å². The van der Waals surface area contributed by atoms with Gasteiger partial charge in [0.1, 0.15) is 5.60 Å². The maximum atomic E-state index is 14.3. The zero-order valence-corrected chi connectivity index (χ0v) is 20.4. The van der Waals surface area contributed by atoms with E-state index in [1.807, 2.05) is 0 Å². The van der Waals surface area contributed by atoms with Crippen molar-refractivity contribution in [3.63, 3.8) is 0 Å². The summed E-state index contributed by atoms with van der Waals surface area (Å²) >= 11 is 0. The van der Waals surface area contributed by atoms with E-state index in [0.29, 0.717) is 42.6 Å². The number of allylic oxidation sites excluding steroid dienone is 1. The van der Waals surface area contributed by atoms with Gasteiger partial charge in [0.2, 0.25) is 0 Å². The van der Waals surface area contributed by atoms with Crippen molar-refractivity contribution in [1.29, 1.82) is 0 Å². The highest BCUT2D eigenvalue weighted by Crippen LogP contribution is 2.60. The van der Waals surface area contributed by atoms with Gasteiger partial charge in [-0.3, -0.25) is 0 Å². The molecule has 0 aliphatic heterocycles. The Bertz CT molecular complexity index is 694. The number of alkyl halides is 2. The second kappa shape index (κ2) is 9.46. The second-order valence-electron chi connectivity index (χ2n) is 11.8. The summed E-state index contributed by atoms with van der Waals surface area (Å²) < 4.78 is 28.7. The molecule has 3 nitrogen and oxygen atoms in total. The molecule has 7 atom stereocenters. The van der Waals surface area contributed by atoms with Crippen LogP contribution in [-0.2, 0) is 0 Å². The Kier molecular flexibility index (Phi) is 7.64. The second-order valence-corrected chi connectivity index (χ2v) is 11.8. The summed E-state index contributed by atoms with van der Waals surface area (Å²) in [5, 5.41) is 30.1. The third-order valence-corrected chi connectivity index (χ3v) is 9.31. The Morgan fingerprint density at radius 2 is 1.78 bits per heavy atom. The summed E-state index contributed by atoms with van der Waals surface area (Å²) in [7, 11) is 0. The summed E-state index contributed by atoms with van der Waals surface area (Å²) in [6.45, 7) is 10.7. The van der Waals surface area contributed by atoms with E-state index in [-0.39, 0.29) is 17.8 Å². The van der Waals surface area contributed by atoms with Crippen molar-refractivity contribution in [3.05, 3.63) is 23.8 Å². The van der Waals surface area contributed by atoms with Gasteiger partial charge in [-0.2, -0.15) is 0 Å². The van der Waals surface area contributed by atoms with Gasteiger partial charge in [-0.25, -0.2) is 8.78 Å². The molecule has 0 aromatic carbocycles. The first kappa shape index (κ1) is 25.8.